The van der Waals surface area contributed by atoms with Crippen molar-refractivity contribution < 1.29 is 4.79 Å². The van der Waals surface area contributed by atoms with Crippen LogP contribution in [0.4, 0.5) is 0 Å². The van der Waals surface area contributed by atoms with Crippen LogP contribution in [0.15, 0.2) is 35.2 Å². The number of primary amides is 1. The number of thioether (sulfide) groups is 1. The molecule has 0 aliphatic rings. The first kappa shape index (κ1) is 9.13. The van der Waals surface area contributed by atoms with Crippen LogP contribution >= 0.6 is 11.8 Å². The van der Waals surface area contributed by atoms with Crippen LogP contribution in [0.3, 0.4) is 0 Å². The van der Waals surface area contributed by atoms with Crippen LogP contribution < -0.4 is 5.73 Å². The number of benzene rings is 1. The molecule has 0 atom stereocenters. The van der Waals surface area contributed by atoms with Crippen LogP contribution in [0.2, 0.25) is 0 Å². The standard InChI is InChI=1S/C9H11NOS/c10-9(11)6-7-12-8-4-2-1-3-5-8/h1-5H,6-7H2,(H2,10,11). The van der Waals surface area contributed by atoms with Crippen molar-refractivity contribution in [2.24, 2.45) is 5.73 Å². The third kappa shape index (κ3) is 3.44. The molecule has 2 nitrogen and oxygen atoms in total. The molecule has 0 fully saturated rings. The molecule has 0 spiro atoms. The molecule has 0 saturated heterocycles. The van der Waals surface area contributed by atoms with Gasteiger partial charge in [-0.2, -0.15) is 0 Å². The van der Waals surface area contributed by atoms with Crippen LogP contribution in [-0.2, 0) is 4.79 Å². The van der Waals surface area contributed by atoms with Crippen molar-refractivity contribution in [1.29, 1.82) is 0 Å². The minimum absolute atomic E-state index is 0.238. The average Bonchev–Trinajstić information content (AvgIpc) is 2.05. The highest BCUT2D eigenvalue weighted by Crippen LogP contribution is 2.17. The van der Waals surface area contributed by atoms with E-state index >= 15 is 0 Å². The van der Waals surface area contributed by atoms with Crippen LogP contribution in [0.25, 0.3) is 0 Å². The summed E-state index contributed by atoms with van der Waals surface area (Å²) in [7, 11) is 0. The molecule has 12 heavy (non-hydrogen) atoms. The Labute approximate surface area is 76.2 Å². The highest BCUT2D eigenvalue weighted by molar-refractivity contribution is 7.99. The maximum Gasteiger partial charge on any atom is 0.218 e. The van der Waals surface area contributed by atoms with Gasteiger partial charge in [-0.05, 0) is 12.1 Å². The first-order valence-corrected chi connectivity index (χ1v) is 4.74. The van der Waals surface area contributed by atoms with Gasteiger partial charge in [0.1, 0.15) is 0 Å². The van der Waals surface area contributed by atoms with Crippen molar-refractivity contribution in [3.05, 3.63) is 30.3 Å². The molecule has 1 amide bonds. The Morgan fingerprint density at radius 2 is 2.00 bits per heavy atom. The normalized spacial score (nSPS) is 9.67. The molecule has 0 heterocycles. The summed E-state index contributed by atoms with van der Waals surface area (Å²) in [6, 6.07) is 9.97. The van der Waals surface area contributed by atoms with Gasteiger partial charge in [0, 0.05) is 17.1 Å². The van der Waals surface area contributed by atoms with E-state index in [0.717, 1.165) is 5.75 Å². The molecule has 3 heteroatoms. The van der Waals surface area contributed by atoms with Crippen LogP contribution in [0.5, 0.6) is 0 Å². The maximum atomic E-state index is 10.4. The Bertz CT molecular complexity index is 248. The zero-order chi connectivity index (χ0) is 8.81. The predicted octanol–water partition coefficient (Wildman–Crippen LogP) is 1.65. The molecule has 0 aromatic heterocycles. The fraction of sp³-hybridized carbons (Fsp3) is 0.222. The van der Waals surface area contributed by atoms with Crippen molar-refractivity contribution >= 4 is 17.7 Å². The van der Waals surface area contributed by atoms with Gasteiger partial charge in [-0.25, -0.2) is 0 Å². The van der Waals surface area contributed by atoms with E-state index in [1.165, 1.54) is 4.90 Å². The van der Waals surface area contributed by atoms with E-state index in [2.05, 4.69) is 0 Å². The van der Waals surface area contributed by atoms with Crippen LogP contribution in [0, 0.1) is 0 Å². The van der Waals surface area contributed by atoms with Gasteiger partial charge < -0.3 is 5.73 Å². The van der Waals surface area contributed by atoms with E-state index in [9.17, 15) is 4.79 Å². The van der Waals surface area contributed by atoms with Gasteiger partial charge in [-0.1, -0.05) is 18.2 Å². The second-order valence-electron chi connectivity index (χ2n) is 2.38. The molecule has 1 rings (SSSR count). The van der Waals surface area contributed by atoms with Crippen molar-refractivity contribution in [3.63, 3.8) is 0 Å². The molecule has 0 bridgehead atoms. The first-order chi connectivity index (χ1) is 5.79. The lowest BCUT2D eigenvalue weighted by Crippen LogP contribution is -2.10. The molecule has 0 radical (unpaired) electrons. The van der Waals surface area contributed by atoms with E-state index in [0.29, 0.717) is 6.42 Å². The number of hydrogen-bond donors (Lipinski definition) is 1. The molecular weight excluding hydrogens is 170 g/mol. The van der Waals surface area contributed by atoms with Gasteiger partial charge in [0.15, 0.2) is 0 Å². The van der Waals surface area contributed by atoms with Crippen molar-refractivity contribution in [2.45, 2.75) is 11.3 Å². The van der Waals surface area contributed by atoms with Crippen LogP contribution in [0.1, 0.15) is 6.42 Å². The molecule has 0 aliphatic carbocycles. The third-order valence-corrected chi connectivity index (χ3v) is 2.37. The first-order valence-electron chi connectivity index (χ1n) is 3.75. The molecule has 2 N–H and O–H groups in total. The lowest BCUT2D eigenvalue weighted by atomic mass is 10.4. The Hall–Kier alpha value is -0.960. The van der Waals surface area contributed by atoms with Gasteiger partial charge >= 0.3 is 0 Å². The van der Waals surface area contributed by atoms with Crippen molar-refractivity contribution in [3.8, 4) is 0 Å². The largest absolute Gasteiger partial charge is 0.370 e. The average molecular weight is 181 g/mol. The van der Waals surface area contributed by atoms with Gasteiger partial charge in [-0.3, -0.25) is 4.79 Å². The molecular formula is C9H11NOS. The lowest BCUT2D eigenvalue weighted by molar-refractivity contribution is -0.117. The summed E-state index contributed by atoms with van der Waals surface area (Å²) in [5.41, 5.74) is 5.00. The minimum Gasteiger partial charge on any atom is -0.370 e. The van der Waals surface area contributed by atoms with Crippen LogP contribution in [-0.4, -0.2) is 11.7 Å². The number of carbonyl (C=O) groups is 1. The summed E-state index contributed by atoms with van der Waals surface area (Å²) in [4.78, 5) is 11.6. The Balaban J connectivity index is 2.29. The second-order valence-corrected chi connectivity index (χ2v) is 3.55. The van der Waals surface area contributed by atoms with E-state index < -0.39 is 0 Å². The zero-order valence-electron chi connectivity index (χ0n) is 6.69. The Morgan fingerprint density at radius 1 is 1.33 bits per heavy atom. The number of rotatable bonds is 4. The Kier molecular flexibility index (Phi) is 3.67. The number of amides is 1. The number of nitrogens with two attached hydrogens (primary N) is 1. The summed E-state index contributed by atoms with van der Waals surface area (Å²) < 4.78 is 0. The maximum absolute atomic E-state index is 10.4. The monoisotopic (exact) mass is 181 g/mol. The zero-order valence-corrected chi connectivity index (χ0v) is 7.51. The molecule has 64 valence electrons. The summed E-state index contributed by atoms with van der Waals surface area (Å²) in [6.45, 7) is 0. The molecule has 0 saturated carbocycles. The van der Waals surface area contributed by atoms with E-state index in [-0.39, 0.29) is 5.91 Å². The topological polar surface area (TPSA) is 43.1 Å². The van der Waals surface area contributed by atoms with Gasteiger partial charge in [-0.15, -0.1) is 11.8 Å². The summed E-state index contributed by atoms with van der Waals surface area (Å²) in [5, 5.41) is 0. The molecule has 0 unspecified atom stereocenters. The Morgan fingerprint density at radius 3 is 2.58 bits per heavy atom. The van der Waals surface area contributed by atoms with Gasteiger partial charge in [0.05, 0.1) is 0 Å². The van der Waals surface area contributed by atoms with Gasteiger partial charge in [0.2, 0.25) is 5.91 Å². The fourth-order valence-electron chi connectivity index (χ4n) is 0.786. The van der Waals surface area contributed by atoms with Gasteiger partial charge in [0.25, 0.3) is 0 Å². The summed E-state index contributed by atoms with van der Waals surface area (Å²) >= 11 is 1.65. The van der Waals surface area contributed by atoms with E-state index in [4.69, 9.17) is 5.73 Å². The van der Waals surface area contributed by atoms with E-state index in [1.807, 2.05) is 30.3 Å². The van der Waals surface area contributed by atoms with Crippen molar-refractivity contribution in [1.82, 2.24) is 0 Å². The van der Waals surface area contributed by atoms with E-state index in [1.54, 1.807) is 11.8 Å². The lowest BCUT2D eigenvalue weighted by Gasteiger charge is -1.97. The third-order valence-electron chi connectivity index (χ3n) is 1.36. The van der Waals surface area contributed by atoms with Crippen molar-refractivity contribution in [2.75, 3.05) is 5.75 Å². The SMILES string of the molecule is NC(=O)CCSc1ccccc1. The number of hydrogen-bond acceptors (Lipinski definition) is 2. The molecule has 0 aliphatic heterocycles. The highest BCUT2D eigenvalue weighted by atomic mass is 32.2. The molecule has 1 aromatic rings. The predicted molar refractivity (Wildman–Crippen MR) is 51.0 cm³/mol. The minimum atomic E-state index is -0.238. The summed E-state index contributed by atoms with van der Waals surface area (Å²) in [6.07, 6.45) is 0.444. The second kappa shape index (κ2) is 4.83. The fourth-order valence-corrected chi connectivity index (χ4v) is 1.67. The smallest absolute Gasteiger partial charge is 0.218 e. The summed E-state index contributed by atoms with van der Waals surface area (Å²) in [5.74, 6) is 0.526. The number of carbonyl (C=O) groups excluding carboxylic acids is 1. The highest BCUT2D eigenvalue weighted by Gasteiger charge is 1.95. The quantitative estimate of drug-likeness (QED) is 0.718. The molecule has 1 aromatic carbocycles.